The Balaban J connectivity index is 2.27. The smallest absolute Gasteiger partial charge is 0.146 e. The molecule has 0 unspecified atom stereocenters. The summed E-state index contributed by atoms with van der Waals surface area (Å²) in [4.78, 5) is 0. The molecule has 20 heavy (non-hydrogen) atoms. The molecule has 4 heteroatoms. The lowest BCUT2D eigenvalue weighted by atomic mass is 10.2. The van der Waals surface area contributed by atoms with Crippen LogP contribution < -0.4 is 15.8 Å². The topological polar surface area (TPSA) is 47.3 Å². The summed E-state index contributed by atoms with van der Waals surface area (Å²) in [6.45, 7) is 4.54. The Labute approximate surface area is 118 Å². The molecule has 0 saturated carbocycles. The van der Waals surface area contributed by atoms with Gasteiger partial charge < -0.3 is 15.8 Å². The van der Waals surface area contributed by atoms with E-state index in [4.69, 9.17) is 10.5 Å². The second-order valence-electron chi connectivity index (χ2n) is 4.67. The van der Waals surface area contributed by atoms with Crippen LogP contribution in [0, 0.1) is 12.7 Å². The van der Waals surface area contributed by atoms with Crippen LogP contribution >= 0.6 is 0 Å². The van der Waals surface area contributed by atoms with Crippen molar-refractivity contribution < 1.29 is 9.13 Å². The molecule has 0 aliphatic heterocycles. The molecule has 0 bridgehead atoms. The molecule has 3 N–H and O–H groups in total. The number of nitrogens with one attached hydrogen (secondary N) is 1. The van der Waals surface area contributed by atoms with Gasteiger partial charge in [-0.3, -0.25) is 0 Å². The molecule has 2 rings (SSSR count). The van der Waals surface area contributed by atoms with Gasteiger partial charge in [-0.25, -0.2) is 4.39 Å². The van der Waals surface area contributed by atoms with E-state index < -0.39 is 0 Å². The van der Waals surface area contributed by atoms with E-state index in [1.807, 2.05) is 26.0 Å². The van der Waals surface area contributed by atoms with E-state index in [2.05, 4.69) is 5.32 Å². The van der Waals surface area contributed by atoms with Gasteiger partial charge in [-0.2, -0.15) is 0 Å². The van der Waals surface area contributed by atoms with Gasteiger partial charge in [-0.1, -0.05) is 19.1 Å². The Bertz CT molecular complexity index is 599. The van der Waals surface area contributed by atoms with Crippen LogP contribution in [-0.4, -0.2) is 6.61 Å². The number of anilines is 3. The Morgan fingerprint density at radius 3 is 2.75 bits per heavy atom. The number of benzene rings is 2. The number of hydrogen-bond donors (Lipinski definition) is 2. The lowest BCUT2D eigenvalue weighted by Crippen LogP contribution is -2.03. The van der Waals surface area contributed by atoms with Crippen LogP contribution in [-0.2, 0) is 0 Å². The zero-order valence-electron chi connectivity index (χ0n) is 11.7. The van der Waals surface area contributed by atoms with Crippen molar-refractivity contribution in [2.75, 3.05) is 17.7 Å². The van der Waals surface area contributed by atoms with Crippen molar-refractivity contribution >= 4 is 17.1 Å². The number of para-hydroxylation sites is 1. The molecule has 106 valence electrons. The molecule has 0 saturated heterocycles. The van der Waals surface area contributed by atoms with Crippen LogP contribution in [0.4, 0.5) is 21.5 Å². The molecule has 3 nitrogen and oxygen atoms in total. The first-order valence-corrected chi connectivity index (χ1v) is 6.66. The fourth-order valence-corrected chi connectivity index (χ4v) is 1.87. The van der Waals surface area contributed by atoms with Crippen molar-refractivity contribution in [3.05, 3.63) is 47.8 Å². The zero-order chi connectivity index (χ0) is 14.5. The average molecular weight is 274 g/mol. The number of halogens is 1. The lowest BCUT2D eigenvalue weighted by molar-refractivity contribution is 0.319. The van der Waals surface area contributed by atoms with Crippen LogP contribution in [0.2, 0.25) is 0 Å². The quantitative estimate of drug-likeness (QED) is 0.801. The van der Waals surface area contributed by atoms with Gasteiger partial charge >= 0.3 is 0 Å². The fraction of sp³-hybridized carbons (Fsp3) is 0.250. The molecule has 2 aromatic rings. The highest BCUT2D eigenvalue weighted by Crippen LogP contribution is 2.32. The zero-order valence-corrected chi connectivity index (χ0v) is 11.7. The van der Waals surface area contributed by atoms with Crippen LogP contribution in [0.3, 0.4) is 0 Å². The minimum absolute atomic E-state index is 0.310. The van der Waals surface area contributed by atoms with Crippen molar-refractivity contribution in [1.82, 2.24) is 0 Å². The molecule has 0 aromatic heterocycles. The minimum atomic E-state index is -0.310. The van der Waals surface area contributed by atoms with E-state index in [1.165, 1.54) is 6.07 Å². The lowest BCUT2D eigenvalue weighted by Gasteiger charge is -2.14. The monoisotopic (exact) mass is 274 g/mol. The van der Waals surface area contributed by atoms with Crippen molar-refractivity contribution in [2.45, 2.75) is 20.3 Å². The first-order valence-electron chi connectivity index (χ1n) is 6.66. The summed E-state index contributed by atoms with van der Waals surface area (Å²) in [5, 5.41) is 3.02. The van der Waals surface area contributed by atoms with Gasteiger partial charge in [-0.05, 0) is 43.2 Å². The van der Waals surface area contributed by atoms with Crippen molar-refractivity contribution in [1.29, 1.82) is 0 Å². The summed E-state index contributed by atoms with van der Waals surface area (Å²) in [5.41, 5.74) is 8.56. The standard InChI is InChI=1S/C16H19FN2O/c1-3-9-20-15-6-4-5-13(16(15)18)19-14-10-11(2)7-8-12(14)17/h4-8,10,19H,3,9,18H2,1-2H3. The normalized spacial score (nSPS) is 10.3. The summed E-state index contributed by atoms with van der Waals surface area (Å²) in [6.07, 6.45) is 0.906. The molecule has 0 aliphatic rings. The largest absolute Gasteiger partial charge is 0.491 e. The number of aryl methyl sites for hydroxylation is 1. The summed E-state index contributed by atoms with van der Waals surface area (Å²) < 4.78 is 19.3. The number of ether oxygens (including phenoxy) is 1. The number of nitrogens with two attached hydrogens (primary N) is 1. The molecule has 0 heterocycles. The summed E-state index contributed by atoms with van der Waals surface area (Å²) in [6, 6.07) is 10.3. The molecular weight excluding hydrogens is 255 g/mol. The van der Waals surface area contributed by atoms with Crippen LogP contribution in [0.1, 0.15) is 18.9 Å². The third-order valence-corrected chi connectivity index (χ3v) is 2.92. The number of nitrogen functional groups attached to an aromatic ring is 1. The van der Waals surface area contributed by atoms with Crippen molar-refractivity contribution in [2.24, 2.45) is 0 Å². The molecule has 0 amide bonds. The molecule has 0 radical (unpaired) electrons. The number of hydrogen-bond acceptors (Lipinski definition) is 3. The van der Waals surface area contributed by atoms with Crippen LogP contribution in [0.5, 0.6) is 5.75 Å². The molecular formula is C16H19FN2O. The highest BCUT2D eigenvalue weighted by molar-refractivity contribution is 5.77. The van der Waals surface area contributed by atoms with Gasteiger partial charge in [0.1, 0.15) is 11.6 Å². The molecule has 0 spiro atoms. The number of rotatable bonds is 5. The molecule has 0 aliphatic carbocycles. The second kappa shape index (κ2) is 6.28. The van der Waals surface area contributed by atoms with Gasteiger partial charge in [0.25, 0.3) is 0 Å². The Kier molecular flexibility index (Phi) is 4.45. The van der Waals surface area contributed by atoms with Gasteiger partial charge in [0.15, 0.2) is 0 Å². The predicted octanol–water partition coefficient (Wildman–Crippen LogP) is 4.25. The van der Waals surface area contributed by atoms with E-state index in [0.717, 1.165) is 12.0 Å². The summed E-state index contributed by atoms with van der Waals surface area (Å²) in [5.74, 6) is 0.305. The van der Waals surface area contributed by atoms with Gasteiger partial charge in [0.2, 0.25) is 0 Å². The van der Waals surface area contributed by atoms with Crippen molar-refractivity contribution in [3.8, 4) is 5.75 Å². The van der Waals surface area contributed by atoms with E-state index in [9.17, 15) is 4.39 Å². The highest BCUT2D eigenvalue weighted by Gasteiger charge is 2.08. The van der Waals surface area contributed by atoms with Crippen LogP contribution in [0.15, 0.2) is 36.4 Å². The van der Waals surface area contributed by atoms with Gasteiger partial charge in [-0.15, -0.1) is 0 Å². The minimum Gasteiger partial charge on any atom is -0.491 e. The van der Waals surface area contributed by atoms with Crippen LogP contribution in [0.25, 0.3) is 0 Å². The summed E-state index contributed by atoms with van der Waals surface area (Å²) in [7, 11) is 0. The van der Waals surface area contributed by atoms with E-state index in [1.54, 1.807) is 18.2 Å². The maximum absolute atomic E-state index is 13.8. The third kappa shape index (κ3) is 3.20. The second-order valence-corrected chi connectivity index (χ2v) is 4.67. The maximum atomic E-state index is 13.8. The Hall–Kier alpha value is -2.23. The van der Waals surface area contributed by atoms with Gasteiger partial charge in [0.05, 0.1) is 23.7 Å². The molecule has 0 fully saturated rings. The summed E-state index contributed by atoms with van der Waals surface area (Å²) >= 11 is 0. The first kappa shape index (κ1) is 14.2. The van der Waals surface area contributed by atoms with E-state index in [-0.39, 0.29) is 5.82 Å². The van der Waals surface area contributed by atoms with E-state index >= 15 is 0 Å². The highest BCUT2D eigenvalue weighted by atomic mass is 19.1. The fourth-order valence-electron chi connectivity index (χ4n) is 1.87. The van der Waals surface area contributed by atoms with E-state index in [0.29, 0.717) is 29.4 Å². The molecule has 2 aromatic carbocycles. The van der Waals surface area contributed by atoms with Gasteiger partial charge in [0, 0.05) is 0 Å². The first-order chi connectivity index (χ1) is 9.61. The SMILES string of the molecule is CCCOc1cccc(Nc2cc(C)ccc2F)c1N. The average Bonchev–Trinajstić information content (AvgIpc) is 2.44. The molecule has 0 atom stereocenters. The maximum Gasteiger partial charge on any atom is 0.146 e. The Morgan fingerprint density at radius 1 is 1.20 bits per heavy atom. The third-order valence-electron chi connectivity index (χ3n) is 2.92. The van der Waals surface area contributed by atoms with Crippen molar-refractivity contribution in [3.63, 3.8) is 0 Å². The predicted molar refractivity (Wildman–Crippen MR) is 81.1 cm³/mol. The Morgan fingerprint density at radius 2 is 2.00 bits per heavy atom.